The van der Waals surface area contributed by atoms with Gasteiger partial charge >= 0.3 is 0 Å². The first-order chi connectivity index (χ1) is 10.1. The average Bonchev–Trinajstić information content (AvgIpc) is 2.53. The van der Waals surface area contributed by atoms with Crippen LogP contribution in [-0.4, -0.2) is 19.4 Å². The molecule has 1 aromatic heterocycles. The van der Waals surface area contributed by atoms with Crippen LogP contribution in [0.15, 0.2) is 23.4 Å². The molecule has 0 aliphatic heterocycles. The largest absolute Gasteiger partial charge is 0.326 e. The second-order valence-electron chi connectivity index (χ2n) is 5.74. The van der Waals surface area contributed by atoms with Gasteiger partial charge in [0, 0.05) is 18.8 Å². The third-order valence-electron chi connectivity index (χ3n) is 4.27. The zero-order valence-corrected chi connectivity index (χ0v) is 13.4. The lowest BCUT2D eigenvalue weighted by molar-refractivity contribution is 0.285. The number of nitrogens with one attached hydrogen (secondary N) is 1. The second kappa shape index (κ2) is 7.33. The zero-order chi connectivity index (χ0) is 15.3. The summed E-state index contributed by atoms with van der Waals surface area (Å²) in [5.41, 5.74) is 6.33. The van der Waals surface area contributed by atoms with Crippen molar-refractivity contribution in [3.05, 3.63) is 23.9 Å². The quantitative estimate of drug-likeness (QED) is 0.843. The summed E-state index contributed by atoms with van der Waals surface area (Å²) in [4.78, 5) is 4.02. The molecule has 1 aliphatic rings. The van der Waals surface area contributed by atoms with E-state index in [4.69, 9.17) is 5.73 Å². The summed E-state index contributed by atoms with van der Waals surface area (Å²) < 4.78 is 27.7. The first-order valence-corrected chi connectivity index (χ1v) is 9.22. The molecule has 0 aromatic carbocycles. The monoisotopic (exact) mass is 311 g/mol. The van der Waals surface area contributed by atoms with Crippen LogP contribution in [-0.2, 0) is 16.6 Å². The van der Waals surface area contributed by atoms with Gasteiger partial charge in [0.15, 0.2) is 5.03 Å². The molecule has 21 heavy (non-hydrogen) atoms. The molecular weight excluding hydrogens is 286 g/mol. The molecular formula is C15H25N3O2S. The van der Waals surface area contributed by atoms with Gasteiger partial charge in [0.2, 0.25) is 0 Å². The molecule has 1 aliphatic carbocycles. The number of hydrogen-bond donors (Lipinski definition) is 2. The number of aromatic nitrogens is 1. The summed E-state index contributed by atoms with van der Waals surface area (Å²) in [6.07, 6.45) is 8.22. The van der Waals surface area contributed by atoms with Gasteiger partial charge in [0.1, 0.15) is 0 Å². The van der Waals surface area contributed by atoms with Gasteiger partial charge in [-0.25, -0.2) is 18.1 Å². The van der Waals surface area contributed by atoms with Crippen LogP contribution >= 0.6 is 0 Å². The maximum atomic E-state index is 12.4. The van der Waals surface area contributed by atoms with Crippen LogP contribution in [0.3, 0.4) is 0 Å². The highest BCUT2D eigenvalue weighted by Crippen LogP contribution is 2.28. The molecule has 0 saturated heterocycles. The highest BCUT2D eigenvalue weighted by molar-refractivity contribution is 7.89. The van der Waals surface area contributed by atoms with Crippen molar-refractivity contribution in [2.75, 3.05) is 0 Å². The molecule has 0 amide bonds. The minimum atomic E-state index is -3.55. The summed E-state index contributed by atoms with van der Waals surface area (Å²) >= 11 is 0. The summed E-state index contributed by atoms with van der Waals surface area (Å²) in [5, 5.41) is 0.0777. The second-order valence-corrected chi connectivity index (χ2v) is 7.40. The van der Waals surface area contributed by atoms with Crippen LogP contribution in [0, 0.1) is 5.92 Å². The van der Waals surface area contributed by atoms with Crippen LogP contribution in [0.4, 0.5) is 0 Å². The Bertz CT molecular complexity index is 537. The highest BCUT2D eigenvalue weighted by atomic mass is 32.2. The lowest BCUT2D eigenvalue weighted by Gasteiger charge is -2.29. The molecule has 0 bridgehead atoms. The predicted molar refractivity (Wildman–Crippen MR) is 83.1 cm³/mol. The molecule has 3 N–H and O–H groups in total. The van der Waals surface area contributed by atoms with Gasteiger partial charge < -0.3 is 5.73 Å². The summed E-state index contributed by atoms with van der Waals surface area (Å²) in [6.45, 7) is 2.40. The summed E-state index contributed by atoms with van der Waals surface area (Å²) in [6, 6.07) is 3.24. The van der Waals surface area contributed by atoms with Crippen LogP contribution in [0.5, 0.6) is 0 Å². The SMILES string of the molecule is CCC(NS(=O)(=O)c1ccc(CN)cn1)C1CCCCC1. The Morgan fingerprint density at radius 3 is 2.57 bits per heavy atom. The Labute approximate surface area is 127 Å². The number of nitrogens with zero attached hydrogens (tertiary/aromatic N) is 1. The van der Waals surface area contributed by atoms with Crippen molar-refractivity contribution in [1.29, 1.82) is 0 Å². The minimum absolute atomic E-state index is 0.00582. The third-order valence-corrected chi connectivity index (χ3v) is 5.68. The summed E-state index contributed by atoms with van der Waals surface area (Å²) in [7, 11) is -3.55. The molecule has 2 rings (SSSR count). The fourth-order valence-corrected chi connectivity index (χ4v) is 4.32. The van der Waals surface area contributed by atoms with E-state index in [-0.39, 0.29) is 11.1 Å². The topological polar surface area (TPSA) is 85.1 Å². The van der Waals surface area contributed by atoms with Crippen molar-refractivity contribution < 1.29 is 8.42 Å². The van der Waals surface area contributed by atoms with Crippen LogP contribution in [0.2, 0.25) is 0 Å². The van der Waals surface area contributed by atoms with E-state index in [0.717, 1.165) is 24.8 Å². The van der Waals surface area contributed by atoms with Gasteiger partial charge in [-0.3, -0.25) is 0 Å². The average molecular weight is 311 g/mol. The molecule has 1 aromatic rings. The Kier molecular flexibility index (Phi) is 5.72. The van der Waals surface area contributed by atoms with E-state index in [1.54, 1.807) is 6.07 Å². The van der Waals surface area contributed by atoms with Crippen LogP contribution in [0.1, 0.15) is 51.0 Å². The van der Waals surface area contributed by atoms with Gasteiger partial charge in [-0.1, -0.05) is 32.3 Å². The molecule has 1 unspecified atom stereocenters. The van der Waals surface area contributed by atoms with Crippen LogP contribution in [0.25, 0.3) is 0 Å². The molecule has 5 nitrogen and oxygen atoms in total. The standard InChI is InChI=1S/C15H25N3O2S/c1-2-14(13-6-4-3-5-7-13)18-21(19,20)15-9-8-12(10-16)11-17-15/h8-9,11,13-14,18H,2-7,10,16H2,1H3. The molecule has 1 saturated carbocycles. The van der Waals surface area contributed by atoms with E-state index in [1.165, 1.54) is 31.5 Å². The first kappa shape index (κ1) is 16.4. The third kappa shape index (κ3) is 4.25. The van der Waals surface area contributed by atoms with E-state index in [1.807, 2.05) is 6.92 Å². The Morgan fingerprint density at radius 2 is 2.05 bits per heavy atom. The van der Waals surface area contributed by atoms with Crippen molar-refractivity contribution >= 4 is 10.0 Å². The Balaban J connectivity index is 2.10. The van der Waals surface area contributed by atoms with Gasteiger partial charge in [0.05, 0.1) is 0 Å². The molecule has 1 heterocycles. The van der Waals surface area contributed by atoms with Crippen molar-refractivity contribution in [3.63, 3.8) is 0 Å². The Hall–Kier alpha value is -0.980. The van der Waals surface area contributed by atoms with E-state index in [0.29, 0.717) is 12.5 Å². The smallest absolute Gasteiger partial charge is 0.258 e. The summed E-state index contributed by atoms with van der Waals surface area (Å²) in [5.74, 6) is 0.446. The molecule has 1 fully saturated rings. The number of hydrogen-bond acceptors (Lipinski definition) is 4. The van der Waals surface area contributed by atoms with E-state index in [9.17, 15) is 8.42 Å². The van der Waals surface area contributed by atoms with Gasteiger partial charge in [-0.15, -0.1) is 0 Å². The fraction of sp³-hybridized carbons (Fsp3) is 0.667. The highest BCUT2D eigenvalue weighted by Gasteiger charge is 2.27. The van der Waals surface area contributed by atoms with Crippen molar-refractivity contribution in [2.45, 2.75) is 63.1 Å². The van der Waals surface area contributed by atoms with Crippen molar-refractivity contribution in [3.8, 4) is 0 Å². The minimum Gasteiger partial charge on any atom is -0.326 e. The maximum Gasteiger partial charge on any atom is 0.258 e. The maximum absolute atomic E-state index is 12.4. The molecule has 0 radical (unpaired) electrons. The van der Waals surface area contributed by atoms with E-state index >= 15 is 0 Å². The molecule has 6 heteroatoms. The number of sulfonamides is 1. The van der Waals surface area contributed by atoms with Gasteiger partial charge in [-0.2, -0.15) is 0 Å². The predicted octanol–water partition coefficient (Wildman–Crippen LogP) is 2.18. The zero-order valence-electron chi connectivity index (χ0n) is 12.6. The fourth-order valence-electron chi connectivity index (χ4n) is 3.00. The normalized spacial score (nSPS) is 18.6. The Morgan fingerprint density at radius 1 is 1.33 bits per heavy atom. The molecule has 0 spiro atoms. The number of pyridine rings is 1. The molecule has 118 valence electrons. The van der Waals surface area contributed by atoms with Crippen molar-refractivity contribution in [2.24, 2.45) is 11.7 Å². The van der Waals surface area contributed by atoms with E-state index in [2.05, 4.69) is 9.71 Å². The lowest BCUT2D eigenvalue weighted by Crippen LogP contribution is -2.40. The van der Waals surface area contributed by atoms with Gasteiger partial charge in [0.25, 0.3) is 10.0 Å². The number of nitrogens with two attached hydrogens (primary N) is 1. The number of rotatable bonds is 6. The molecule has 1 atom stereocenters. The van der Waals surface area contributed by atoms with Crippen molar-refractivity contribution in [1.82, 2.24) is 9.71 Å². The lowest BCUT2D eigenvalue weighted by atomic mass is 9.83. The van der Waals surface area contributed by atoms with E-state index < -0.39 is 10.0 Å². The first-order valence-electron chi connectivity index (χ1n) is 7.74. The van der Waals surface area contributed by atoms with Crippen LogP contribution < -0.4 is 10.5 Å². The van der Waals surface area contributed by atoms with Gasteiger partial charge in [-0.05, 0) is 36.8 Å².